The fourth-order valence-corrected chi connectivity index (χ4v) is 3.81. The van der Waals surface area contributed by atoms with Crippen molar-refractivity contribution >= 4 is 10.8 Å². The highest BCUT2D eigenvalue weighted by atomic mass is 16.7. The second-order valence-electron chi connectivity index (χ2n) is 6.85. The lowest BCUT2D eigenvalue weighted by Crippen LogP contribution is -2.53. The van der Waals surface area contributed by atoms with Crippen molar-refractivity contribution in [1.82, 2.24) is 0 Å². The first-order chi connectivity index (χ1) is 14.5. The van der Waals surface area contributed by atoms with Gasteiger partial charge in [0, 0.05) is 33.8 Å². The number of rotatable bonds is 8. The fraction of sp³-hybridized carbons (Fsp3) is 0.524. The minimum atomic E-state index is -0.763. The fourth-order valence-electron chi connectivity index (χ4n) is 3.81. The summed E-state index contributed by atoms with van der Waals surface area (Å²) in [6.45, 7) is 0.276. The number of phenolic OH excluding ortho intramolecular Hbond substituents is 2. The van der Waals surface area contributed by atoms with E-state index in [0.717, 1.165) is 0 Å². The zero-order valence-electron chi connectivity index (χ0n) is 17.7. The molecule has 0 unspecified atom stereocenters. The van der Waals surface area contributed by atoms with Gasteiger partial charge in [-0.15, -0.1) is 0 Å². The molecule has 1 aliphatic heterocycles. The van der Waals surface area contributed by atoms with Crippen molar-refractivity contribution in [2.24, 2.45) is 0 Å². The second kappa shape index (κ2) is 9.57. The summed E-state index contributed by atoms with van der Waals surface area (Å²) < 4.78 is 38.8. The van der Waals surface area contributed by atoms with Gasteiger partial charge in [-0.05, 0) is 12.1 Å². The van der Waals surface area contributed by atoms with Gasteiger partial charge in [-0.2, -0.15) is 0 Å². The molecule has 4 atom stereocenters. The van der Waals surface area contributed by atoms with E-state index in [9.17, 15) is 10.2 Å². The molecule has 1 saturated heterocycles. The Labute approximate surface area is 175 Å². The molecular formula is C21H28O9. The van der Waals surface area contributed by atoms with Crippen molar-refractivity contribution in [2.45, 2.75) is 31.0 Å². The molecule has 166 valence electrons. The maximum atomic E-state index is 10.9. The normalized spacial score (nSPS) is 24.0. The van der Waals surface area contributed by atoms with Gasteiger partial charge >= 0.3 is 0 Å². The third-order valence-electron chi connectivity index (χ3n) is 5.21. The number of benzene rings is 2. The first-order valence-corrected chi connectivity index (χ1v) is 9.45. The molecule has 9 heteroatoms. The van der Waals surface area contributed by atoms with Crippen LogP contribution in [0.3, 0.4) is 0 Å². The Morgan fingerprint density at radius 3 is 2.17 bits per heavy atom. The molecule has 2 N–H and O–H groups in total. The number of phenols is 2. The molecule has 1 fully saturated rings. The summed E-state index contributed by atoms with van der Waals surface area (Å²) in [5, 5.41) is 22.1. The van der Waals surface area contributed by atoms with Crippen LogP contribution in [0.5, 0.6) is 28.7 Å². The zero-order chi connectivity index (χ0) is 21.8. The Kier molecular flexibility index (Phi) is 7.09. The zero-order valence-corrected chi connectivity index (χ0v) is 17.7. The lowest BCUT2D eigenvalue weighted by Gasteiger charge is -2.40. The third-order valence-corrected chi connectivity index (χ3v) is 5.21. The monoisotopic (exact) mass is 424 g/mol. The molecule has 0 aliphatic carbocycles. The van der Waals surface area contributed by atoms with Crippen LogP contribution in [0.2, 0.25) is 0 Å². The average Bonchev–Trinajstić information content (AvgIpc) is 2.76. The largest absolute Gasteiger partial charge is 0.507 e. The topological polar surface area (TPSA) is 105 Å². The minimum absolute atomic E-state index is 0.0402. The highest BCUT2D eigenvalue weighted by Crippen LogP contribution is 2.48. The van der Waals surface area contributed by atoms with E-state index in [1.807, 2.05) is 0 Å². The maximum Gasteiger partial charge on any atom is 0.203 e. The number of aromatic hydroxyl groups is 2. The van der Waals surface area contributed by atoms with E-state index in [4.69, 9.17) is 33.2 Å². The van der Waals surface area contributed by atoms with Crippen LogP contribution in [0.15, 0.2) is 18.2 Å². The lowest BCUT2D eigenvalue weighted by molar-refractivity contribution is -0.242. The molecule has 0 amide bonds. The maximum absolute atomic E-state index is 10.9. The second-order valence-corrected chi connectivity index (χ2v) is 6.85. The molecule has 2 aromatic carbocycles. The third kappa shape index (κ3) is 4.06. The van der Waals surface area contributed by atoms with Gasteiger partial charge in [0.15, 0.2) is 11.5 Å². The number of hydrogen-bond acceptors (Lipinski definition) is 9. The molecule has 9 nitrogen and oxygen atoms in total. The first-order valence-electron chi connectivity index (χ1n) is 9.45. The Bertz CT molecular complexity index is 869. The van der Waals surface area contributed by atoms with Crippen LogP contribution in [0, 0.1) is 0 Å². The van der Waals surface area contributed by atoms with Crippen molar-refractivity contribution in [3.63, 3.8) is 0 Å². The predicted molar refractivity (Wildman–Crippen MR) is 108 cm³/mol. The SMILES string of the molecule is COC[C@H]1O[C@@H](Oc2cc(O)c3c(OC)ccc(OC)c3c2O)C[C@@H](OC)[C@@H]1OC. The summed E-state index contributed by atoms with van der Waals surface area (Å²) in [5.74, 6) is 0.462. The van der Waals surface area contributed by atoms with Crippen LogP contribution < -0.4 is 14.2 Å². The molecule has 0 radical (unpaired) electrons. The predicted octanol–water partition coefficient (Wildman–Crippen LogP) is 2.44. The van der Waals surface area contributed by atoms with E-state index in [1.165, 1.54) is 20.3 Å². The molecule has 1 aliphatic rings. The van der Waals surface area contributed by atoms with Crippen LogP contribution >= 0.6 is 0 Å². The highest BCUT2D eigenvalue weighted by molar-refractivity contribution is 6.03. The summed E-state index contributed by atoms with van der Waals surface area (Å²) in [4.78, 5) is 0. The lowest BCUT2D eigenvalue weighted by atomic mass is 10.0. The first kappa shape index (κ1) is 22.2. The minimum Gasteiger partial charge on any atom is -0.507 e. The Morgan fingerprint density at radius 1 is 0.933 bits per heavy atom. The van der Waals surface area contributed by atoms with Crippen molar-refractivity contribution in [2.75, 3.05) is 42.2 Å². The van der Waals surface area contributed by atoms with Gasteiger partial charge in [-0.25, -0.2) is 0 Å². The smallest absolute Gasteiger partial charge is 0.203 e. The van der Waals surface area contributed by atoms with Gasteiger partial charge < -0.3 is 43.4 Å². The van der Waals surface area contributed by atoms with E-state index >= 15 is 0 Å². The summed E-state index contributed by atoms with van der Waals surface area (Å²) in [5.41, 5.74) is 0. The Balaban J connectivity index is 1.98. The molecule has 1 heterocycles. The summed E-state index contributed by atoms with van der Waals surface area (Å²) in [6.07, 6.45) is -1.49. The standard InChI is InChI=1S/C21H28O9/c1-24-10-16-21(28-5)15(27-4)9-17(30-16)29-14-8-11(22)18-12(25-2)6-7-13(26-3)19(18)20(14)23/h6-8,15-17,21-23H,9-10H2,1-5H3/t15-,16-,17-,21+/m1/s1. The van der Waals surface area contributed by atoms with Crippen LogP contribution in [0.1, 0.15) is 6.42 Å². The van der Waals surface area contributed by atoms with Crippen LogP contribution in [0.4, 0.5) is 0 Å². The average molecular weight is 424 g/mol. The molecule has 0 saturated carbocycles. The van der Waals surface area contributed by atoms with Gasteiger partial charge in [0.25, 0.3) is 0 Å². The van der Waals surface area contributed by atoms with Crippen molar-refractivity contribution in [3.05, 3.63) is 18.2 Å². The van der Waals surface area contributed by atoms with Gasteiger partial charge in [0.05, 0.1) is 37.7 Å². The summed E-state index contributed by atoms with van der Waals surface area (Å²) in [6, 6.07) is 4.60. The number of ether oxygens (including phenoxy) is 7. The molecule has 30 heavy (non-hydrogen) atoms. The van der Waals surface area contributed by atoms with Gasteiger partial charge in [-0.1, -0.05) is 0 Å². The number of hydrogen-bond donors (Lipinski definition) is 2. The Morgan fingerprint density at radius 2 is 1.60 bits per heavy atom. The van der Waals surface area contributed by atoms with E-state index in [-0.39, 0.29) is 41.4 Å². The van der Waals surface area contributed by atoms with Gasteiger partial charge in [0.1, 0.15) is 29.5 Å². The van der Waals surface area contributed by atoms with Crippen molar-refractivity contribution in [3.8, 4) is 28.7 Å². The van der Waals surface area contributed by atoms with E-state index < -0.39 is 12.4 Å². The molecule has 0 bridgehead atoms. The summed E-state index contributed by atoms with van der Waals surface area (Å²) >= 11 is 0. The summed E-state index contributed by atoms with van der Waals surface area (Å²) in [7, 11) is 7.68. The Hall–Kier alpha value is -2.46. The van der Waals surface area contributed by atoms with Crippen LogP contribution in [0.25, 0.3) is 10.8 Å². The van der Waals surface area contributed by atoms with Gasteiger partial charge in [-0.3, -0.25) is 0 Å². The van der Waals surface area contributed by atoms with E-state index in [1.54, 1.807) is 33.5 Å². The van der Waals surface area contributed by atoms with E-state index in [0.29, 0.717) is 23.3 Å². The highest BCUT2D eigenvalue weighted by Gasteiger charge is 2.40. The van der Waals surface area contributed by atoms with Crippen molar-refractivity contribution < 1.29 is 43.4 Å². The number of methoxy groups -OCH3 is 5. The quantitative estimate of drug-likeness (QED) is 0.618. The molecule has 0 aromatic heterocycles. The molecule has 0 spiro atoms. The van der Waals surface area contributed by atoms with Crippen molar-refractivity contribution in [1.29, 1.82) is 0 Å². The number of fused-ring (bicyclic) bond motifs is 1. The molecule has 2 aromatic rings. The molecule has 3 rings (SSSR count). The van der Waals surface area contributed by atoms with E-state index in [2.05, 4.69) is 0 Å². The van der Waals surface area contributed by atoms with Crippen LogP contribution in [-0.2, 0) is 18.9 Å². The van der Waals surface area contributed by atoms with Gasteiger partial charge in [0.2, 0.25) is 6.29 Å². The van der Waals surface area contributed by atoms with Crippen LogP contribution in [-0.4, -0.2) is 77.0 Å². The molecular weight excluding hydrogens is 396 g/mol.